The van der Waals surface area contributed by atoms with Crippen molar-refractivity contribution in [3.05, 3.63) is 42.0 Å². The van der Waals surface area contributed by atoms with Crippen LogP contribution in [0.2, 0.25) is 0 Å². The molecule has 1 aliphatic heterocycles. The molecule has 0 aromatic heterocycles. The highest BCUT2D eigenvalue weighted by molar-refractivity contribution is 6.03. The van der Waals surface area contributed by atoms with Crippen molar-refractivity contribution in [2.45, 2.75) is 25.4 Å². The molecule has 0 spiro atoms. The van der Waals surface area contributed by atoms with Gasteiger partial charge in [-0.1, -0.05) is 30.3 Å². The van der Waals surface area contributed by atoms with E-state index in [2.05, 4.69) is 5.32 Å². The Balaban J connectivity index is 1.73. The van der Waals surface area contributed by atoms with Gasteiger partial charge in [0.2, 0.25) is 0 Å². The topological polar surface area (TPSA) is 58.6 Å². The molecule has 4 nitrogen and oxygen atoms in total. The summed E-state index contributed by atoms with van der Waals surface area (Å²) in [6.07, 6.45) is 3.30. The van der Waals surface area contributed by atoms with Gasteiger partial charge in [-0.15, -0.1) is 0 Å². The van der Waals surface area contributed by atoms with Crippen LogP contribution in [0.1, 0.15) is 29.6 Å². The van der Waals surface area contributed by atoms with Crippen LogP contribution in [0.3, 0.4) is 0 Å². The first-order valence-electron chi connectivity index (χ1n) is 7.36. The third kappa shape index (κ3) is 3.00. The van der Waals surface area contributed by atoms with Crippen molar-refractivity contribution in [3.63, 3.8) is 0 Å². The number of ether oxygens (including phenoxy) is 1. The lowest BCUT2D eigenvalue weighted by molar-refractivity contribution is 0.0169. The van der Waals surface area contributed by atoms with Gasteiger partial charge in [-0.05, 0) is 30.7 Å². The highest BCUT2D eigenvalue weighted by atomic mass is 16.5. The Kier molecular flexibility index (Phi) is 4.06. The fraction of sp³-hybridized carbons (Fsp3) is 0.353. The minimum absolute atomic E-state index is 0.0372. The van der Waals surface area contributed by atoms with E-state index in [0.29, 0.717) is 17.5 Å². The van der Waals surface area contributed by atoms with Gasteiger partial charge in [0, 0.05) is 18.5 Å². The molecule has 110 valence electrons. The number of phenolic OH excluding ortho intramolecular Hbond substituents is 1. The summed E-state index contributed by atoms with van der Waals surface area (Å²) in [5.74, 6) is -0.220. The van der Waals surface area contributed by atoms with Crippen molar-refractivity contribution in [1.29, 1.82) is 0 Å². The number of amides is 1. The number of hydrogen-bond donors (Lipinski definition) is 2. The molecule has 1 atom stereocenters. The maximum absolute atomic E-state index is 12.2. The van der Waals surface area contributed by atoms with E-state index in [-0.39, 0.29) is 17.8 Å². The van der Waals surface area contributed by atoms with Crippen LogP contribution in [0.25, 0.3) is 10.8 Å². The van der Waals surface area contributed by atoms with E-state index in [0.717, 1.165) is 31.3 Å². The summed E-state index contributed by atoms with van der Waals surface area (Å²) >= 11 is 0. The monoisotopic (exact) mass is 285 g/mol. The maximum Gasteiger partial charge on any atom is 0.255 e. The predicted octanol–water partition coefficient (Wildman–Crippen LogP) is 2.84. The molecular formula is C17H19NO3. The molecule has 0 bridgehead atoms. The highest BCUT2D eigenvalue weighted by Gasteiger charge is 2.17. The Bertz CT molecular complexity index is 648. The molecule has 2 aromatic carbocycles. The van der Waals surface area contributed by atoms with Crippen LogP contribution in [0, 0.1) is 0 Å². The van der Waals surface area contributed by atoms with Gasteiger partial charge in [-0.3, -0.25) is 4.79 Å². The molecule has 1 aliphatic rings. The number of carbonyl (C=O) groups excluding carboxylic acids is 1. The Morgan fingerprint density at radius 3 is 2.90 bits per heavy atom. The standard InChI is InChI=1S/C17H19NO3/c19-16-14-7-2-1-5-12(14)8-9-15(16)17(20)18-11-13-6-3-4-10-21-13/h1-2,5,7-9,13,19H,3-4,6,10-11H2,(H,18,20). The fourth-order valence-electron chi connectivity index (χ4n) is 2.71. The lowest BCUT2D eigenvalue weighted by atomic mass is 10.0. The number of rotatable bonds is 3. The quantitative estimate of drug-likeness (QED) is 0.911. The first-order chi connectivity index (χ1) is 10.3. The molecule has 2 aromatic rings. The molecule has 1 amide bonds. The second kappa shape index (κ2) is 6.14. The minimum Gasteiger partial charge on any atom is -0.506 e. The van der Waals surface area contributed by atoms with Crippen LogP contribution in [-0.4, -0.2) is 30.3 Å². The lowest BCUT2D eigenvalue weighted by Gasteiger charge is -2.22. The molecule has 2 N–H and O–H groups in total. The average Bonchev–Trinajstić information content (AvgIpc) is 2.54. The van der Waals surface area contributed by atoms with Crippen molar-refractivity contribution in [2.24, 2.45) is 0 Å². The van der Waals surface area contributed by atoms with Crippen molar-refractivity contribution in [2.75, 3.05) is 13.2 Å². The number of hydrogen-bond acceptors (Lipinski definition) is 3. The first kappa shape index (κ1) is 13.9. The normalized spacial score (nSPS) is 18.6. The Hall–Kier alpha value is -2.07. The van der Waals surface area contributed by atoms with Gasteiger partial charge in [0.25, 0.3) is 5.91 Å². The predicted molar refractivity (Wildman–Crippen MR) is 81.5 cm³/mol. The van der Waals surface area contributed by atoms with E-state index < -0.39 is 0 Å². The lowest BCUT2D eigenvalue weighted by Crippen LogP contribution is -2.35. The van der Waals surface area contributed by atoms with E-state index in [1.165, 1.54) is 0 Å². The highest BCUT2D eigenvalue weighted by Crippen LogP contribution is 2.28. The summed E-state index contributed by atoms with van der Waals surface area (Å²) in [5.41, 5.74) is 0.310. The first-order valence-corrected chi connectivity index (χ1v) is 7.36. The molecule has 0 saturated carbocycles. The van der Waals surface area contributed by atoms with Gasteiger partial charge in [-0.25, -0.2) is 0 Å². The molecule has 3 rings (SSSR count). The van der Waals surface area contributed by atoms with Gasteiger partial charge in [0.15, 0.2) is 0 Å². The number of phenols is 1. The Morgan fingerprint density at radius 2 is 2.10 bits per heavy atom. The number of aromatic hydroxyl groups is 1. The molecule has 1 fully saturated rings. The van der Waals surface area contributed by atoms with E-state index in [1.807, 2.05) is 30.3 Å². The van der Waals surface area contributed by atoms with Crippen LogP contribution in [0.4, 0.5) is 0 Å². The second-order valence-corrected chi connectivity index (χ2v) is 5.38. The molecule has 4 heteroatoms. The molecule has 0 radical (unpaired) electrons. The number of nitrogens with one attached hydrogen (secondary N) is 1. The Labute approximate surface area is 123 Å². The summed E-state index contributed by atoms with van der Waals surface area (Å²) in [4.78, 5) is 12.2. The van der Waals surface area contributed by atoms with Gasteiger partial charge in [-0.2, -0.15) is 0 Å². The number of fused-ring (bicyclic) bond motifs is 1. The van der Waals surface area contributed by atoms with Crippen LogP contribution < -0.4 is 5.32 Å². The van der Waals surface area contributed by atoms with Crippen LogP contribution in [-0.2, 0) is 4.74 Å². The zero-order valence-corrected chi connectivity index (χ0v) is 11.8. The van der Waals surface area contributed by atoms with Crippen molar-refractivity contribution < 1.29 is 14.6 Å². The van der Waals surface area contributed by atoms with E-state index in [1.54, 1.807) is 6.07 Å². The number of carbonyl (C=O) groups is 1. The molecule has 1 saturated heterocycles. The molecule has 1 unspecified atom stereocenters. The molecular weight excluding hydrogens is 266 g/mol. The Morgan fingerprint density at radius 1 is 1.24 bits per heavy atom. The SMILES string of the molecule is O=C(NCC1CCCCO1)c1ccc2ccccc2c1O. The summed E-state index contributed by atoms with van der Waals surface area (Å²) in [6.45, 7) is 1.26. The summed E-state index contributed by atoms with van der Waals surface area (Å²) in [7, 11) is 0. The third-order valence-corrected chi connectivity index (χ3v) is 3.91. The van der Waals surface area contributed by atoms with Crippen molar-refractivity contribution in [1.82, 2.24) is 5.32 Å². The summed E-state index contributed by atoms with van der Waals surface area (Å²) < 4.78 is 5.59. The van der Waals surface area contributed by atoms with E-state index in [4.69, 9.17) is 4.74 Å². The maximum atomic E-state index is 12.2. The van der Waals surface area contributed by atoms with Gasteiger partial charge in [0.05, 0.1) is 11.7 Å². The molecule has 21 heavy (non-hydrogen) atoms. The summed E-state index contributed by atoms with van der Waals surface area (Å²) in [5, 5.41) is 14.7. The van der Waals surface area contributed by atoms with Crippen molar-refractivity contribution in [3.8, 4) is 5.75 Å². The summed E-state index contributed by atoms with van der Waals surface area (Å²) in [6, 6.07) is 11.0. The average molecular weight is 285 g/mol. The second-order valence-electron chi connectivity index (χ2n) is 5.38. The van der Waals surface area contributed by atoms with Crippen LogP contribution in [0.5, 0.6) is 5.75 Å². The zero-order valence-electron chi connectivity index (χ0n) is 11.8. The van der Waals surface area contributed by atoms with E-state index >= 15 is 0 Å². The zero-order chi connectivity index (χ0) is 14.7. The van der Waals surface area contributed by atoms with Crippen LogP contribution >= 0.6 is 0 Å². The van der Waals surface area contributed by atoms with Gasteiger partial charge >= 0.3 is 0 Å². The van der Waals surface area contributed by atoms with Gasteiger partial charge in [0.1, 0.15) is 5.75 Å². The number of benzene rings is 2. The largest absolute Gasteiger partial charge is 0.506 e. The molecule has 1 heterocycles. The molecule has 0 aliphatic carbocycles. The van der Waals surface area contributed by atoms with Crippen LogP contribution in [0.15, 0.2) is 36.4 Å². The van der Waals surface area contributed by atoms with E-state index in [9.17, 15) is 9.90 Å². The van der Waals surface area contributed by atoms with Crippen molar-refractivity contribution >= 4 is 16.7 Å². The fourth-order valence-corrected chi connectivity index (χ4v) is 2.71. The third-order valence-electron chi connectivity index (χ3n) is 3.91. The minimum atomic E-state index is -0.257. The smallest absolute Gasteiger partial charge is 0.255 e. The van der Waals surface area contributed by atoms with Gasteiger partial charge < -0.3 is 15.2 Å².